The van der Waals surface area contributed by atoms with Crippen LogP contribution in [-0.2, 0) is 4.79 Å². The van der Waals surface area contributed by atoms with Crippen LogP contribution >= 0.6 is 0 Å². The van der Waals surface area contributed by atoms with Crippen LogP contribution in [0.5, 0.6) is 5.75 Å². The topological polar surface area (TPSA) is 76.5 Å². The molecule has 2 aromatic rings. The summed E-state index contributed by atoms with van der Waals surface area (Å²) in [5.74, 6) is 0.0727. The van der Waals surface area contributed by atoms with E-state index in [-0.39, 0.29) is 12.2 Å². The number of hydrogen-bond acceptors (Lipinski definition) is 4. The number of pyridine rings is 1. The van der Waals surface area contributed by atoms with E-state index < -0.39 is 5.97 Å². The highest BCUT2D eigenvalue weighted by Gasteiger charge is 2.08. The number of aromatic nitrogens is 1. The minimum absolute atomic E-state index is 0.0722. The maximum atomic E-state index is 12.2. The molecule has 0 unspecified atom stereocenters. The van der Waals surface area contributed by atoms with Gasteiger partial charge in [-0.25, -0.2) is 0 Å². The Bertz CT molecular complexity index is 710. The zero-order valence-corrected chi connectivity index (χ0v) is 14.4. The van der Waals surface area contributed by atoms with Crippen LogP contribution < -0.4 is 4.74 Å². The van der Waals surface area contributed by atoms with E-state index in [0.717, 1.165) is 36.3 Å². The molecule has 0 aliphatic rings. The molecule has 132 valence electrons. The summed E-state index contributed by atoms with van der Waals surface area (Å²) in [5, 5.41) is 8.57. The Hall–Kier alpha value is -2.69. The molecule has 0 radical (unpaired) electrons. The number of rotatable bonds is 10. The van der Waals surface area contributed by atoms with Crippen molar-refractivity contribution in [3.8, 4) is 17.0 Å². The SMILES string of the molecule is COc1cccc(-c2ccc(C(=O)CCCCCCC(=O)O)cn2)c1. The first-order chi connectivity index (χ1) is 12.1. The van der Waals surface area contributed by atoms with Gasteiger partial charge in [0.15, 0.2) is 5.78 Å². The number of ether oxygens (including phenoxy) is 1. The lowest BCUT2D eigenvalue weighted by molar-refractivity contribution is -0.137. The van der Waals surface area contributed by atoms with Crippen molar-refractivity contribution in [2.75, 3.05) is 7.11 Å². The van der Waals surface area contributed by atoms with Gasteiger partial charge in [-0.1, -0.05) is 25.0 Å². The van der Waals surface area contributed by atoms with E-state index in [9.17, 15) is 9.59 Å². The van der Waals surface area contributed by atoms with Crippen molar-refractivity contribution >= 4 is 11.8 Å². The van der Waals surface area contributed by atoms with Crippen LogP contribution in [0, 0.1) is 0 Å². The molecule has 0 spiro atoms. The molecule has 1 aromatic heterocycles. The molecule has 0 aliphatic heterocycles. The summed E-state index contributed by atoms with van der Waals surface area (Å²) < 4.78 is 5.21. The van der Waals surface area contributed by atoms with Crippen molar-refractivity contribution in [3.63, 3.8) is 0 Å². The molecule has 0 aliphatic carbocycles. The number of methoxy groups -OCH3 is 1. The highest BCUT2D eigenvalue weighted by atomic mass is 16.5. The summed E-state index contributed by atoms with van der Waals surface area (Å²) in [7, 11) is 1.62. The number of hydrogen-bond donors (Lipinski definition) is 1. The molecule has 0 fully saturated rings. The molecule has 5 heteroatoms. The molecule has 0 bridgehead atoms. The third-order valence-electron chi connectivity index (χ3n) is 4.00. The molecule has 0 saturated heterocycles. The second-order valence-electron chi connectivity index (χ2n) is 5.90. The van der Waals surface area contributed by atoms with E-state index in [1.165, 1.54) is 0 Å². The Morgan fingerprint density at radius 3 is 2.44 bits per heavy atom. The van der Waals surface area contributed by atoms with Crippen LogP contribution in [0.4, 0.5) is 0 Å². The highest BCUT2D eigenvalue weighted by Crippen LogP contribution is 2.22. The summed E-state index contributed by atoms with van der Waals surface area (Å²) in [6, 6.07) is 11.3. The third-order valence-corrected chi connectivity index (χ3v) is 4.00. The number of carbonyl (C=O) groups excluding carboxylic acids is 1. The van der Waals surface area contributed by atoms with Crippen LogP contribution in [0.25, 0.3) is 11.3 Å². The molecule has 0 atom stereocenters. The lowest BCUT2D eigenvalue weighted by atomic mass is 10.0. The van der Waals surface area contributed by atoms with E-state index in [2.05, 4.69) is 4.98 Å². The zero-order valence-electron chi connectivity index (χ0n) is 14.4. The molecule has 0 amide bonds. The number of nitrogens with zero attached hydrogens (tertiary/aromatic N) is 1. The average Bonchev–Trinajstić information content (AvgIpc) is 2.64. The fourth-order valence-corrected chi connectivity index (χ4v) is 2.57. The molecular formula is C20H23NO4. The summed E-state index contributed by atoms with van der Waals surface area (Å²) in [5.41, 5.74) is 2.35. The Balaban J connectivity index is 1.84. The first-order valence-corrected chi connectivity index (χ1v) is 8.45. The predicted molar refractivity (Wildman–Crippen MR) is 95.9 cm³/mol. The van der Waals surface area contributed by atoms with E-state index in [1.54, 1.807) is 19.4 Å². The fourth-order valence-electron chi connectivity index (χ4n) is 2.57. The summed E-state index contributed by atoms with van der Waals surface area (Å²) in [4.78, 5) is 27.0. The summed E-state index contributed by atoms with van der Waals surface area (Å²) >= 11 is 0. The lowest BCUT2D eigenvalue weighted by Gasteiger charge is -2.05. The number of carboxylic acids is 1. The summed E-state index contributed by atoms with van der Waals surface area (Å²) in [6.07, 6.45) is 5.43. The Morgan fingerprint density at radius 2 is 1.80 bits per heavy atom. The monoisotopic (exact) mass is 341 g/mol. The first-order valence-electron chi connectivity index (χ1n) is 8.45. The third kappa shape index (κ3) is 6.03. The van der Waals surface area contributed by atoms with E-state index >= 15 is 0 Å². The minimum Gasteiger partial charge on any atom is -0.497 e. The zero-order chi connectivity index (χ0) is 18.1. The van der Waals surface area contributed by atoms with Crippen molar-refractivity contribution < 1.29 is 19.4 Å². The van der Waals surface area contributed by atoms with E-state index in [4.69, 9.17) is 9.84 Å². The highest BCUT2D eigenvalue weighted by molar-refractivity contribution is 5.95. The standard InChI is InChI=1S/C20H23NO4/c1-25-17-8-6-7-15(13-17)18-12-11-16(14-21-18)19(22)9-4-2-3-5-10-20(23)24/h6-8,11-14H,2-5,9-10H2,1H3,(H,23,24). The van der Waals surface area contributed by atoms with Gasteiger partial charge >= 0.3 is 5.97 Å². The van der Waals surface area contributed by atoms with Crippen molar-refractivity contribution in [3.05, 3.63) is 48.2 Å². The van der Waals surface area contributed by atoms with Crippen molar-refractivity contribution in [1.82, 2.24) is 4.98 Å². The van der Waals surface area contributed by atoms with Gasteiger partial charge in [0.25, 0.3) is 0 Å². The number of carboxylic acid groups (broad SMARTS) is 1. The van der Waals surface area contributed by atoms with Crippen molar-refractivity contribution in [2.24, 2.45) is 0 Å². The normalized spacial score (nSPS) is 10.4. The van der Waals surface area contributed by atoms with E-state index in [0.29, 0.717) is 18.4 Å². The van der Waals surface area contributed by atoms with Gasteiger partial charge in [-0.2, -0.15) is 0 Å². The van der Waals surface area contributed by atoms with Gasteiger partial charge in [0.2, 0.25) is 0 Å². The number of Topliss-reactive ketones (excluding diaryl/α,β-unsaturated/α-hetero) is 1. The molecule has 2 rings (SSSR count). The number of ketones is 1. The molecule has 0 saturated carbocycles. The Labute approximate surface area is 147 Å². The second kappa shape index (κ2) is 9.57. The molecule has 1 aromatic carbocycles. The number of aliphatic carboxylic acids is 1. The Morgan fingerprint density at radius 1 is 1.04 bits per heavy atom. The fraction of sp³-hybridized carbons (Fsp3) is 0.350. The Kier molecular flexibility index (Phi) is 7.14. The van der Waals surface area contributed by atoms with E-state index in [1.807, 2.05) is 30.3 Å². The van der Waals surface area contributed by atoms with Gasteiger partial charge in [-0.05, 0) is 37.1 Å². The van der Waals surface area contributed by atoms with Gasteiger partial charge in [-0.3, -0.25) is 14.6 Å². The van der Waals surface area contributed by atoms with Crippen LogP contribution in [0.15, 0.2) is 42.6 Å². The number of unbranched alkanes of at least 4 members (excludes halogenated alkanes) is 3. The smallest absolute Gasteiger partial charge is 0.303 e. The molecule has 25 heavy (non-hydrogen) atoms. The number of benzene rings is 1. The average molecular weight is 341 g/mol. The van der Waals surface area contributed by atoms with Crippen LogP contribution in [0.2, 0.25) is 0 Å². The molecule has 1 N–H and O–H groups in total. The van der Waals surface area contributed by atoms with Crippen molar-refractivity contribution in [1.29, 1.82) is 0 Å². The van der Waals surface area contributed by atoms with Crippen LogP contribution in [-0.4, -0.2) is 29.0 Å². The van der Waals surface area contributed by atoms with Gasteiger partial charge in [0, 0.05) is 30.2 Å². The van der Waals surface area contributed by atoms with Crippen LogP contribution in [0.3, 0.4) is 0 Å². The van der Waals surface area contributed by atoms with Gasteiger partial charge in [0.1, 0.15) is 5.75 Å². The van der Waals surface area contributed by atoms with Gasteiger partial charge in [0.05, 0.1) is 12.8 Å². The molecule has 1 heterocycles. The largest absolute Gasteiger partial charge is 0.497 e. The second-order valence-corrected chi connectivity index (χ2v) is 5.90. The van der Waals surface area contributed by atoms with Crippen molar-refractivity contribution in [2.45, 2.75) is 38.5 Å². The minimum atomic E-state index is -0.765. The first kappa shape index (κ1) is 18.6. The quantitative estimate of drug-likeness (QED) is 0.513. The maximum Gasteiger partial charge on any atom is 0.303 e. The molecule has 5 nitrogen and oxygen atoms in total. The van der Waals surface area contributed by atoms with Gasteiger partial charge < -0.3 is 9.84 Å². The molecular weight excluding hydrogens is 318 g/mol. The van der Waals surface area contributed by atoms with Gasteiger partial charge in [-0.15, -0.1) is 0 Å². The lowest BCUT2D eigenvalue weighted by Crippen LogP contribution is -2.00. The predicted octanol–water partition coefficient (Wildman–Crippen LogP) is 4.37. The maximum absolute atomic E-state index is 12.2. The number of carbonyl (C=O) groups is 2. The van der Waals surface area contributed by atoms with Crippen LogP contribution in [0.1, 0.15) is 48.9 Å². The summed E-state index contributed by atoms with van der Waals surface area (Å²) in [6.45, 7) is 0.